The fourth-order valence-electron chi connectivity index (χ4n) is 2.74. The number of nitrogens with one attached hydrogen (secondary N) is 1. The normalized spacial score (nSPS) is 10.6. The van der Waals surface area contributed by atoms with Gasteiger partial charge < -0.3 is 14.8 Å². The summed E-state index contributed by atoms with van der Waals surface area (Å²) in [6.45, 7) is 2.47. The highest BCUT2D eigenvalue weighted by molar-refractivity contribution is 6.31. The molecule has 2 aromatic carbocycles. The van der Waals surface area contributed by atoms with E-state index < -0.39 is 4.92 Å². The molecule has 0 atom stereocenters. The quantitative estimate of drug-likeness (QED) is 0.530. The van der Waals surface area contributed by atoms with Crippen LogP contribution in [0.15, 0.2) is 30.3 Å². The third-order valence-electron chi connectivity index (χ3n) is 4.13. The van der Waals surface area contributed by atoms with Gasteiger partial charge in [-0.3, -0.25) is 19.8 Å². The molecule has 1 amide bonds. The zero-order valence-corrected chi connectivity index (χ0v) is 16.9. The third-order valence-corrected chi connectivity index (χ3v) is 4.36. The Bertz CT molecular complexity index is 888. The molecule has 0 fully saturated rings. The molecule has 0 aliphatic carbocycles. The number of hydrogen-bond acceptors (Lipinski definition) is 6. The van der Waals surface area contributed by atoms with Gasteiger partial charge >= 0.3 is 0 Å². The number of carbonyl (C=O) groups is 1. The number of benzene rings is 2. The van der Waals surface area contributed by atoms with Gasteiger partial charge in [0.05, 0.1) is 25.7 Å². The predicted octanol–water partition coefficient (Wildman–Crippen LogP) is 3.64. The third kappa shape index (κ3) is 5.34. The molecule has 0 radical (unpaired) electrons. The fourth-order valence-corrected chi connectivity index (χ4v) is 2.91. The number of nitro groups is 1. The summed E-state index contributed by atoms with van der Waals surface area (Å²) in [5.74, 6) is 0.860. The van der Waals surface area contributed by atoms with Crippen LogP contribution in [-0.4, -0.2) is 43.5 Å². The SMILES string of the molecule is COc1cc(C)c(CN(C)CC(=O)Nc2cc(Cl)ccc2[N+](=O)[O-])cc1OC. The second-order valence-corrected chi connectivity index (χ2v) is 6.71. The molecule has 2 aromatic rings. The average molecular weight is 408 g/mol. The highest BCUT2D eigenvalue weighted by atomic mass is 35.5. The van der Waals surface area contributed by atoms with E-state index in [0.29, 0.717) is 23.1 Å². The van der Waals surface area contributed by atoms with Crippen molar-refractivity contribution >= 4 is 28.9 Å². The molecule has 0 heterocycles. The van der Waals surface area contributed by atoms with Crippen LogP contribution in [0.3, 0.4) is 0 Å². The standard InChI is InChI=1S/C19H22ClN3O5/c1-12-7-17(27-3)18(28-4)8-13(12)10-22(2)11-19(24)21-15-9-14(20)5-6-16(15)23(25)26/h5-9H,10-11H2,1-4H3,(H,21,24). The monoisotopic (exact) mass is 407 g/mol. The summed E-state index contributed by atoms with van der Waals surface area (Å²) in [4.78, 5) is 24.7. The maximum atomic E-state index is 12.3. The van der Waals surface area contributed by atoms with E-state index in [4.69, 9.17) is 21.1 Å². The number of aryl methyl sites for hydroxylation is 1. The van der Waals surface area contributed by atoms with Gasteiger partial charge in [-0.05, 0) is 49.4 Å². The molecule has 2 rings (SSSR count). The first-order chi connectivity index (χ1) is 13.2. The zero-order valence-electron chi connectivity index (χ0n) is 16.1. The Balaban J connectivity index is 2.08. The van der Waals surface area contributed by atoms with Gasteiger partial charge in [0, 0.05) is 17.6 Å². The van der Waals surface area contributed by atoms with E-state index >= 15 is 0 Å². The van der Waals surface area contributed by atoms with E-state index in [1.54, 1.807) is 26.2 Å². The number of nitrogens with zero attached hydrogens (tertiary/aromatic N) is 2. The van der Waals surface area contributed by atoms with Gasteiger partial charge in [0.1, 0.15) is 5.69 Å². The molecular formula is C19H22ClN3O5. The number of carbonyl (C=O) groups excluding carboxylic acids is 1. The van der Waals surface area contributed by atoms with Crippen molar-refractivity contribution < 1.29 is 19.2 Å². The van der Waals surface area contributed by atoms with Crippen molar-refractivity contribution in [2.45, 2.75) is 13.5 Å². The van der Waals surface area contributed by atoms with Crippen LogP contribution in [0.4, 0.5) is 11.4 Å². The van der Waals surface area contributed by atoms with Crippen molar-refractivity contribution in [3.63, 3.8) is 0 Å². The first-order valence-corrected chi connectivity index (χ1v) is 8.76. The number of ether oxygens (including phenoxy) is 2. The van der Waals surface area contributed by atoms with E-state index in [-0.39, 0.29) is 23.8 Å². The molecule has 0 unspecified atom stereocenters. The largest absolute Gasteiger partial charge is 0.493 e. The lowest BCUT2D eigenvalue weighted by Gasteiger charge is -2.19. The van der Waals surface area contributed by atoms with Gasteiger partial charge in [-0.25, -0.2) is 0 Å². The van der Waals surface area contributed by atoms with Crippen LogP contribution in [0.5, 0.6) is 11.5 Å². The Morgan fingerprint density at radius 1 is 1.21 bits per heavy atom. The number of amides is 1. The van der Waals surface area contributed by atoms with E-state index in [1.807, 2.05) is 19.1 Å². The van der Waals surface area contributed by atoms with Crippen molar-refractivity contribution in [3.05, 3.63) is 56.6 Å². The first kappa shape index (κ1) is 21.5. The number of hydrogen-bond donors (Lipinski definition) is 1. The maximum absolute atomic E-state index is 12.3. The Hall–Kier alpha value is -2.84. The van der Waals surface area contributed by atoms with Gasteiger partial charge in [0.15, 0.2) is 11.5 Å². The summed E-state index contributed by atoms with van der Waals surface area (Å²) < 4.78 is 10.6. The summed E-state index contributed by atoms with van der Waals surface area (Å²) >= 11 is 5.88. The average Bonchev–Trinajstić information content (AvgIpc) is 2.62. The molecule has 0 saturated carbocycles. The van der Waals surface area contributed by atoms with Crippen molar-refractivity contribution in [3.8, 4) is 11.5 Å². The number of rotatable bonds is 8. The van der Waals surface area contributed by atoms with Crippen LogP contribution in [-0.2, 0) is 11.3 Å². The van der Waals surface area contributed by atoms with E-state index in [9.17, 15) is 14.9 Å². The second-order valence-electron chi connectivity index (χ2n) is 6.27. The Morgan fingerprint density at radius 3 is 2.46 bits per heavy atom. The van der Waals surface area contributed by atoms with Crippen molar-refractivity contribution in [2.75, 3.05) is 33.1 Å². The smallest absolute Gasteiger partial charge is 0.292 e. The van der Waals surface area contributed by atoms with Crippen molar-refractivity contribution in [2.24, 2.45) is 0 Å². The minimum Gasteiger partial charge on any atom is -0.493 e. The van der Waals surface area contributed by atoms with Gasteiger partial charge in [-0.1, -0.05) is 11.6 Å². The molecule has 0 saturated heterocycles. The van der Waals surface area contributed by atoms with Gasteiger partial charge in [0.2, 0.25) is 5.91 Å². The lowest BCUT2D eigenvalue weighted by Crippen LogP contribution is -2.30. The molecule has 8 nitrogen and oxygen atoms in total. The maximum Gasteiger partial charge on any atom is 0.292 e. The summed E-state index contributed by atoms with van der Waals surface area (Å²) in [7, 11) is 4.91. The van der Waals surface area contributed by atoms with Crippen LogP contribution in [0, 0.1) is 17.0 Å². The minimum absolute atomic E-state index is 0.0391. The minimum atomic E-state index is -0.567. The summed E-state index contributed by atoms with van der Waals surface area (Å²) in [5, 5.41) is 14.0. The van der Waals surface area contributed by atoms with Gasteiger partial charge in [0.25, 0.3) is 5.69 Å². The lowest BCUT2D eigenvalue weighted by molar-refractivity contribution is -0.383. The topological polar surface area (TPSA) is 93.9 Å². The highest BCUT2D eigenvalue weighted by Gasteiger charge is 2.18. The summed E-state index contributed by atoms with van der Waals surface area (Å²) in [5.41, 5.74) is 1.83. The van der Waals surface area contributed by atoms with Crippen molar-refractivity contribution in [1.82, 2.24) is 4.90 Å². The molecule has 1 N–H and O–H groups in total. The van der Waals surface area contributed by atoms with Crippen LogP contribution >= 0.6 is 11.6 Å². The number of nitro benzene ring substituents is 1. The van der Waals surface area contributed by atoms with Crippen LogP contribution in [0.25, 0.3) is 0 Å². The number of halogens is 1. The van der Waals surface area contributed by atoms with Crippen LogP contribution < -0.4 is 14.8 Å². The Labute approximate surface area is 168 Å². The summed E-state index contributed by atoms with van der Waals surface area (Å²) in [6.07, 6.45) is 0. The molecule has 9 heteroatoms. The number of anilines is 1. The van der Waals surface area contributed by atoms with E-state index in [1.165, 1.54) is 18.2 Å². The molecule has 0 aliphatic rings. The van der Waals surface area contributed by atoms with Gasteiger partial charge in [-0.15, -0.1) is 0 Å². The second kappa shape index (κ2) is 9.38. The Kier molecular flexibility index (Phi) is 7.19. The molecule has 150 valence electrons. The summed E-state index contributed by atoms with van der Waals surface area (Å²) in [6, 6.07) is 7.76. The molecule has 0 aromatic heterocycles. The highest BCUT2D eigenvalue weighted by Crippen LogP contribution is 2.31. The Morgan fingerprint density at radius 2 is 1.86 bits per heavy atom. The molecule has 0 aliphatic heterocycles. The van der Waals surface area contributed by atoms with E-state index in [2.05, 4.69) is 5.32 Å². The fraction of sp³-hybridized carbons (Fsp3) is 0.316. The first-order valence-electron chi connectivity index (χ1n) is 8.39. The van der Waals surface area contributed by atoms with Gasteiger partial charge in [-0.2, -0.15) is 0 Å². The number of methoxy groups -OCH3 is 2. The predicted molar refractivity (Wildman–Crippen MR) is 107 cm³/mol. The molecule has 0 bridgehead atoms. The van der Waals surface area contributed by atoms with Crippen molar-refractivity contribution in [1.29, 1.82) is 0 Å². The zero-order chi connectivity index (χ0) is 20.8. The van der Waals surface area contributed by atoms with E-state index in [0.717, 1.165) is 11.1 Å². The van der Waals surface area contributed by atoms with Crippen LogP contribution in [0.2, 0.25) is 5.02 Å². The lowest BCUT2D eigenvalue weighted by atomic mass is 10.1. The molecule has 0 spiro atoms. The van der Waals surface area contributed by atoms with Crippen LogP contribution in [0.1, 0.15) is 11.1 Å². The number of likely N-dealkylation sites (N-methyl/N-ethyl adjacent to an activating group) is 1. The molecule has 28 heavy (non-hydrogen) atoms. The molecular weight excluding hydrogens is 386 g/mol.